The number of carbonyl (C=O) groups excluding carboxylic acids is 2. The van der Waals surface area contributed by atoms with Gasteiger partial charge in [-0.15, -0.1) is 0 Å². The van der Waals surface area contributed by atoms with Gasteiger partial charge in [0.05, 0.1) is 0 Å². The van der Waals surface area contributed by atoms with Crippen LogP contribution in [0.4, 0.5) is 10.5 Å². The zero-order valence-corrected chi connectivity index (χ0v) is 9.19. The largest absolute Gasteiger partial charge is 0.328 e. The van der Waals surface area contributed by atoms with E-state index in [-0.39, 0.29) is 11.9 Å². The minimum atomic E-state index is -0.327. The van der Waals surface area contributed by atoms with Gasteiger partial charge >= 0.3 is 6.03 Å². The third-order valence-corrected chi connectivity index (χ3v) is 2.62. The Kier molecular flexibility index (Phi) is 2.90. The van der Waals surface area contributed by atoms with Gasteiger partial charge in [0.15, 0.2) is 0 Å². The molecule has 1 aliphatic heterocycles. The number of hydrogen-bond donors (Lipinski definition) is 1. The fraction of sp³-hybridized carbons (Fsp3) is 0.333. The Labute approximate surface area is 94.2 Å². The first-order valence-corrected chi connectivity index (χ1v) is 5.35. The van der Waals surface area contributed by atoms with Gasteiger partial charge in [0.2, 0.25) is 5.91 Å². The number of benzene rings is 1. The second-order valence-corrected chi connectivity index (χ2v) is 3.95. The molecule has 0 aliphatic carbocycles. The Balaban J connectivity index is 2.02. The monoisotopic (exact) mass is 218 g/mol. The molecule has 84 valence electrons. The van der Waals surface area contributed by atoms with Crippen LogP contribution in [0.15, 0.2) is 24.3 Å². The third kappa shape index (κ3) is 2.21. The SMILES string of the molecule is Cc1ccc(NC(=O)N2CCCC2=O)cc1. The molecular weight excluding hydrogens is 204 g/mol. The van der Waals surface area contributed by atoms with Gasteiger partial charge in [-0.05, 0) is 25.5 Å². The molecule has 1 fully saturated rings. The van der Waals surface area contributed by atoms with E-state index in [2.05, 4.69) is 5.32 Å². The fourth-order valence-electron chi connectivity index (χ4n) is 1.69. The molecule has 1 heterocycles. The molecule has 4 heteroatoms. The number of urea groups is 1. The first-order valence-electron chi connectivity index (χ1n) is 5.35. The zero-order valence-electron chi connectivity index (χ0n) is 9.19. The van der Waals surface area contributed by atoms with Gasteiger partial charge in [0.25, 0.3) is 0 Å². The molecule has 0 atom stereocenters. The molecule has 0 spiro atoms. The van der Waals surface area contributed by atoms with Crippen molar-refractivity contribution in [1.82, 2.24) is 4.90 Å². The quantitative estimate of drug-likeness (QED) is 0.785. The minimum absolute atomic E-state index is 0.0930. The maximum Gasteiger partial charge on any atom is 0.328 e. The lowest BCUT2D eigenvalue weighted by atomic mass is 10.2. The Hall–Kier alpha value is -1.84. The van der Waals surface area contributed by atoms with Crippen molar-refractivity contribution in [2.24, 2.45) is 0 Å². The lowest BCUT2D eigenvalue weighted by molar-refractivity contribution is -0.125. The highest BCUT2D eigenvalue weighted by Crippen LogP contribution is 2.13. The van der Waals surface area contributed by atoms with Crippen LogP contribution < -0.4 is 5.32 Å². The van der Waals surface area contributed by atoms with E-state index in [0.717, 1.165) is 17.7 Å². The summed E-state index contributed by atoms with van der Waals surface area (Å²) in [6.07, 6.45) is 1.24. The van der Waals surface area contributed by atoms with E-state index in [4.69, 9.17) is 0 Å². The van der Waals surface area contributed by atoms with Crippen molar-refractivity contribution in [1.29, 1.82) is 0 Å². The van der Waals surface area contributed by atoms with Crippen molar-refractivity contribution >= 4 is 17.6 Å². The molecule has 1 aromatic carbocycles. The number of rotatable bonds is 1. The molecule has 1 aliphatic rings. The number of nitrogens with zero attached hydrogens (tertiary/aromatic N) is 1. The third-order valence-electron chi connectivity index (χ3n) is 2.62. The summed E-state index contributed by atoms with van der Waals surface area (Å²) in [5.41, 5.74) is 1.85. The lowest BCUT2D eigenvalue weighted by Gasteiger charge is -2.14. The molecule has 0 saturated carbocycles. The van der Waals surface area contributed by atoms with Crippen molar-refractivity contribution in [3.05, 3.63) is 29.8 Å². The number of aryl methyl sites for hydroxylation is 1. The van der Waals surface area contributed by atoms with Crippen LogP contribution >= 0.6 is 0 Å². The van der Waals surface area contributed by atoms with Crippen LogP contribution in [0.25, 0.3) is 0 Å². The van der Waals surface area contributed by atoms with Gasteiger partial charge in [-0.2, -0.15) is 0 Å². The predicted octanol–water partition coefficient (Wildman–Crippen LogP) is 2.15. The van der Waals surface area contributed by atoms with Crippen LogP contribution in [0, 0.1) is 6.92 Å². The van der Waals surface area contributed by atoms with E-state index in [9.17, 15) is 9.59 Å². The average Bonchev–Trinajstić information content (AvgIpc) is 2.68. The van der Waals surface area contributed by atoms with Crippen molar-refractivity contribution in [3.8, 4) is 0 Å². The molecule has 0 bridgehead atoms. The summed E-state index contributed by atoms with van der Waals surface area (Å²) in [6.45, 7) is 2.51. The molecule has 16 heavy (non-hydrogen) atoms. The first kappa shape index (κ1) is 10.7. The Morgan fingerprint density at radius 3 is 2.56 bits per heavy atom. The summed E-state index contributed by atoms with van der Waals surface area (Å²) < 4.78 is 0. The number of nitrogens with one attached hydrogen (secondary N) is 1. The van der Waals surface area contributed by atoms with Crippen LogP contribution in [0.3, 0.4) is 0 Å². The molecule has 0 unspecified atom stereocenters. The first-order chi connectivity index (χ1) is 7.66. The minimum Gasteiger partial charge on any atom is -0.307 e. The van der Waals surface area contributed by atoms with E-state index in [1.807, 2.05) is 31.2 Å². The summed E-state index contributed by atoms with van der Waals surface area (Å²) in [5.74, 6) is -0.0930. The van der Waals surface area contributed by atoms with Crippen molar-refractivity contribution in [3.63, 3.8) is 0 Å². The van der Waals surface area contributed by atoms with Gasteiger partial charge < -0.3 is 5.32 Å². The molecule has 0 aromatic heterocycles. The summed E-state index contributed by atoms with van der Waals surface area (Å²) in [5, 5.41) is 2.71. The summed E-state index contributed by atoms with van der Waals surface area (Å²) in [4.78, 5) is 24.3. The lowest BCUT2D eigenvalue weighted by Crippen LogP contribution is -2.35. The topological polar surface area (TPSA) is 49.4 Å². The maximum absolute atomic E-state index is 11.7. The van der Waals surface area contributed by atoms with Crippen LogP contribution in [0.1, 0.15) is 18.4 Å². The van der Waals surface area contributed by atoms with Crippen LogP contribution in [-0.2, 0) is 4.79 Å². The molecule has 4 nitrogen and oxygen atoms in total. The molecule has 1 N–H and O–H groups in total. The standard InChI is InChI=1S/C12H14N2O2/c1-9-4-6-10(7-5-9)13-12(16)14-8-2-3-11(14)15/h4-7H,2-3,8H2,1H3,(H,13,16). The summed E-state index contributed by atoms with van der Waals surface area (Å²) in [6, 6.07) is 7.16. The van der Waals surface area contributed by atoms with E-state index >= 15 is 0 Å². The van der Waals surface area contributed by atoms with Crippen LogP contribution in [0.2, 0.25) is 0 Å². The number of anilines is 1. The number of imide groups is 1. The van der Waals surface area contributed by atoms with Crippen LogP contribution in [0.5, 0.6) is 0 Å². The number of carbonyl (C=O) groups is 2. The van der Waals surface area contributed by atoms with Gasteiger partial charge in [-0.3, -0.25) is 9.69 Å². The number of likely N-dealkylation sites (tertiary alicyclic amines) is 1. The number of hydrogen-bond acceptors (Lipinski definition) is 2. The van der Waals surface area contributed by atoms with E-state index < -0.39 is 0 Å². The normalized spacial score (nSPS) is 15.3. The second-order valence-electron chi connectivity index (χ2n) is 3.95. The van der Waals surface area contributed by atoms with Crippen molar-refractivity contribution < 1.29 is 9.59 Å². The van der Waals surface area contributed by atoms with Crippen LogP contribution in [-0.4, -0.2) is 23.4 Å². The van der Waals surface area contributed by atoms with Gasteiger partial charge in [0, 0.05) is 18.7 Å². The number of amides is 3. The maximum atomic E-state index is 11.7. The zero-order chi connectivity index (χ0) is 11.5. The molecule has 1 saturated heterocycles. The highest BCUT2D eigenvalue weighted by atomic mass is 16.2. The van der Waals surface area contributed by atoms with Gasteiger partial charge in [-0.25, -0.2) is 4.79 Å². The molecular formula is C12H14N2O2. The Morgan fingerprint density at radius 1 is 1.31 bits per heavy atom. The molecule has 3 amide bonds. The van der Waals surface area contributed by atoms with Crippen molar-refractivity contribution in [2.45, 2.75) is 19.8 Å². The summed E-state index contributed by atoms with van der Waals surface area (Å²) >= 11 is 0. The predicted molar refractivity (Wildman–Crippen MR) is 61.1 cm³/mol. The van der Waals surface area contributed by atoms with E-state index in [1.54, 1.807) is 0 Å². The van der Waals surface area contributed by atoms with Gasteiger partial charge in [0.1, 0.15) is 0 Å². The smallest absolute Gasteiger partial charge is 0.307 e. The molecule has 2 rings (SSSR count). The average molecular weight is 218 g/mol. The fourth-order valence-corrected chi connectivity index (χ4v) is 1.69. The van der Waals surface area contributed by atoms with E-state index in [1.165, 1.54) is 4.90 Å². The second kappa shape index (κ2) is 4.35. The van der Waals surface area contributed by atoms with Gasteiger partial charge in [-0.1, -0.05) is 17.7 Å². The Bertz CT molecular complexity index is 412. The molecule has 0 radical (unpaired) electrons. The summed E-state index contributed by atoms with van der Waals surface area (Å²) in [7, 11) is 0. The van der Waals surface area contributed by atoms with Crippen molar-refractivity contribution in [2.75, 3.05) is 11.9 Å². The highest BCUT2D eigenvalue weighted by molar-refractivity contribution is 6.02. The molecule has 1 aromatic rings. The van der Waals surface area contributed by atoms with E-state index in [0.29, 0.717) is 13.0 Å². The Morgan fingerprint density at radius 2 is 2.00 bits per heavy atom. The highest BCUT2D eigenvalue weighted by Gasteiger charge is 2.26.